The molecular weight excluding hydrogens is 417 g/mol. The molecule has 6 heteroatoms. The van der Waals surface area contributed by atoms with Gasteiger partial charge in [-0.05, 0) is 30.9 Å². The molecule has 0 radical (unpaired) electrons. The van der Waals surface area contributed by atoms with Crippen LogP contribution in [0.3, 0.4) is 0 Å². The maximum Gasteiger partial charge on any atom is 0.193 e. The highest BCUT2D eigenvalue weighted by Crippen LogP contribution is 2.29. The van der Waals surface area contributed by atoms with Gasteiger partial charge in [-0.25, -0.2) is 0 Å². The molecule has 1 aromatic carbocycles. The Morgan fingerprint density at radius 2 is 1.83 bits per heavy atom. The Morgan fingerprint density at radius 1 is 1.12 bits per heavy atom. The van der Waals surface area contributed by atoms with Gasteiger partial charge < -0.3 is 20.5 Å². The number of methoxy groups -OCH3 is 2. The number of halogens is 1. The molecule has 0 aliphatic rings. The smallest absolute Gasteiger partial charge is 0.193 e. The quantitative estimate of drug-likeness (QED) is 0.310. The lowest BCUT2D eigenvalue weighted by Crippen LogP contribution is -2.24. The Balaban J connectivity index is 0.00000529. The summed E-state index contributed by atoms with van der Waals surface area (Å²) in [7, 11) is 3.23. The van der Waals surface area contributed by atoms with Gasteiger partial charge in [-0.1, -0.05) is 33.1 Å². The Labute approximate surface area is 163 Å². The normalized spacial score (nSPS) is 12.2. The van der Waals surface area contributed by atoms with Gasteiger partial charge >= 0.3 is 0 Å². The number of nitrogens with two attached hydrogens (primary N) is 1. The van der Waals surface area contributed by atoms with E-state index in [9.17, 15) is 0 Å². The number of hydrogen-bond donors (Lipinski definition) is 2. The average molecular weight is 449 g/mol. The molecular formula is C18H32IN3O2. The van der Waals surface area contributed by atoms with Gasteiger partial charge in [0.1, 0.15) is 0 Å². The molecule has 3 N–H and O–H groups in total. The van der Waals surface area contributed by atoms with Crippen molar-refractivity contribution in [3.63, 3.8) is 0 Å². The minimum Gasteiger partial charge on any atom is -0.493 e. The van der Waals surface area contributed by atoms with E-state index in [4.69, 9.17) is 15.2 Å². The summed E-state index contributed by atoms with van der Waals surface area (Å²) in [6, 6.07) is 5.59. The number of ether oxygens (including phenoxy) is 2. The topological polar surface area (TPSA) is 68.9 Å². The average Bonchev–Trinajstić information content (AvgIpc) is 2.57. The second-order valence-electron chi connectivity index (χ2n) is 5.72. The van der Waals surface area contributed by atoms with Crippen LogP contribution in [0.2, 0.25) is 0 Å². The van der Waals surface area contributed by atoms with Crippen LogP contribution in [0.15, 0.2) is 23.2 Å². The zero-order chi connectivity index (χ0) is 17.1. The minimum absolute atomic E-state index is 0. The van der Waals surface area contributed by atoms with Crippen molar-refractivity contribution in [1.29, 1.82) is 0 Å². The van der Waals surface area contributed by atoms with Crippen LogP contribution in [0.5, 0.6) is 11.5 Å². The fourth-order valence-electron chi connectivity index (χ4n) is 2.56. The lowest BCUT2D eigenvalue weighted by atomic mass is 9.97. The molecule has 0 aliphatic carbocycles. The van der Waals surface area contributed by atoms with Gasteiger partial charge in [0.15, 0.2) is 17.5 Å². The highest BCUT2D eigenvalue weighted by molar-refractivity contribution is 14.0. The molecule has 0 spiro atoms. The number of benzene rings is 1. The first-order chi connectivity index (χ1) is 11.1. The molecule has 0 fully saturated rings. The number of rotatable bonds is 10. The number of unbranched alkanes of at least 4 members (excludes halogenated alkanes) is 1. The van der Waals surface area contributed by atoms with Gasteiger partial charge in [0.05, 0.1) is 14.2 Å². The Morgan fingerprint density at radius 3 is 2.42 bits per heavy atom. The summed E-state index contributed by atoms with van der Waals surface area (Å²) in [6.45, 7) is 5.22. The van der Waals surface area contributed by atoms with Crippen LogP contribution in [-0.2, 0) is 0 Å². The first-order valence-electron chi connectivity index (χ1n) is 8.43. The fourth-order valence-corrected chi connectivity index (χ4v) is 2.56. The van der Waals surface area contributed by atoms with Crippen molar-refractivity contribution >= 4 is 35.6 Å². The van der Waals surface area contributed by atoms with E-state index >= 15 is 0 Å². The second kappa shape index (κ2) is 13.1. The van der Waals surface area contributed by atoms with Crippen LogP contribution in [0.4, 0.5) is 5.69 Å². The fraction of sp³-hybridized carbons (Fsp3) is 0.611. The second-order valence-corrected chi connectivity index (χ2v) is 5.72. The molecule has 1 rings (SSSR count). The first kappa shape index (κ1) is 22.8. The SMILES string of the molecule is CCCCC(CCC)CN=C(N)Nc1ccc(OC)c(OC)c1.I. The molecule has 5 nitrogen and oxygen atoms in total. The Hall–Kier alpha value is -1.18. The van der Waals surface area contributed by atoms with Gasteiger partial charge in [0.2, 0.25) is 0 Å². The van der Waals surface area contributed by atoms with Gasteiger partial charge in [-0.2, -0.15) is 0 Å². The summed E-state index contributed by atoms with van der Waals surface area (Å²) in [6.07, 6.45) is 6.09. The number of anilines is 1. The molecule has 138 valence electrons. The van der Waals surface area contributed by atoms with Crippen LogP contribution in [0.25, 0.3) is 0 Å². The summed E-state index contributed by atoms with van der Waals surface area (Å²) in [5.41, 5.74) is 6.85. The Kier molecular flexibility index (Phi) is 12.5. The van der Waals surface area contributed by atoms with Gasteiger partial charge in [-0.15, -0.1) is 24.0 Å². The summed E-state index contributed by atoms with van der Waals surface area (Å²) in [5, 5.41) is 3.11. The van der Waals surface area contributed by atoms with Crippen LogP contribution in [0.1, 0.15) is 46.0 Å². The molecule has 0 amide bonds. The predicted octanol–water partition coefficient (Wildman–Crippen LogP) is 4.65. The third-order valence-corrected chi connectivity index (χ3v) is 3.84. The van der Waals surface area contributed by atoms with Crippen molar-refractivity contribution in [2.24, 2.45) is 16.6 Å². The monoisotopic (exact) mass is 449 g/mol. The van der Waals surface area contributed by atoms with Crippen LogP contribution in [0, 0.1) is 5.92 Å². The van der Waals surface area contributed by atoms with Gasteiger partial charge in [0, 0.05) is 18.3 Å². The van der Waals surface area contributed by atoms with E-state index in [-0.39, 0.29) is 24.0 Å². The van der Waals surface area contributed by atoms with Crippen LogP contribution < -0.4 is 20.5 Å². The standard InChI is InChI=1S/C18H31N3O2.HI/c1-5-7-9-14(8-6-2)13-20-18(19)21-15-10-11-16(22-3)17(12-15)23-4;/h10-12,14H,5-9,13H2,1-4H3,(H3,19,20,21);1H. The molecule has 0 saturated heterocycles. The van der Waals surface area contributed by atoms with Crippen LogP contribution in [-0.4, -0.2) is 26.7 Å². The minimum atomic E-state index is 0. The van der Waals surface area contributed by atoms with E-state index < -0.39 is 0 Å². The number of nitrogens with one attached hydrogen (secondary N) is 1. The van der Waals surface area contributed by atoms with Crippen molar-refractivity contribution < 1.29 is 9.47 Å². The lowest BCUT2D eigenvalue weighted by molar-refractivity contribution is 0.355. The van der Waals surface area contributed by atoms with E-state index in [2.05, 4.69) is 24.2 Å². The van der Waals surface area contributed by atoms with Gasteiger partial charge in [0.25, 0.3) is 0 Å². The molecule has 0 bridgehead atoms. The van der Waals surface area contributed by atoms with E-state index in [1.807, 2.05) is 18.2 Å². The number of guanidine groups is 1. The molecule has 24 heavy (non-hydrogen) atoms. The van der Waals surface area contributed by atoms with Crippen molar-refractivity contribution in [2.45, 2.75) is 46.0 Å². The zero-order valence-corrected chi connectivity index (χ0v) is 17.6. The molecule has 1 atom stereocenters. The first-order valence-corrected chi connectivity index (χ1v) is 8.43. The highest BCUT2D eigenvalue weighted by Gasteiger charge is 2.08. The molecule has 1 aromatic rings. The summed E-state index contributed by atoms with van der Waals surface area (Å²) in [5.74, 6) is 2.41. The number of nitrogens with zero attached hydrogens (tertiary/aromatic N) is 1. The van der Waals surface area contributed by atoms with Crippen LogP contribution >= 0.6 is 24.0 Å². The molecule has 0 aromatic heterocycles. The molecule has 0 saturated carbocycles. The van der Waals surface area contributed by atoms with E-state index in [1.54, 1.807) is 14.2 Å². The van der Waals surface area contributed by atoms with Crippen molar-refractivity contribution in [2.75, 3.05) is 26.1 Å². The van der Waals surface area contributed by atoms with Crippen molar-refractivity contribution in [1.82, 2.24) is 0 Å². The van der Waals surface area contributed by atoms with E-state index in [0.717, 1.165) is 12.2 Å². The number of aliphatic imine (C=N–C) groups is 1. The van der Waals surface area contributed by atoms with E-state index in [0.29, 0.717) is 23.4 Å². The largest absolute Gasteiger partial charge is 0.493 e. The predicted molar refractivity (Wildman–Crippen MR) is 113 cm³/mol. The third kappa shape index (κ3) is 8.08. The summed E-state index contributed by atoms with van der Waals surface area (Å²) >= 11 is 0. The molecule has 0 heterocycles. The van der Waals surface area contributed by atoms with E-state index in [1.165, 1.54) is 32.1 Å². The Bertz CT molecular complexity index is 495. The highest BCUT2D eigenvalue weighted by atomic mass is 127. The van der Waals surface area contributed by atoms with Crippen molar-refractivity contribution in [3.8, 4) is 11.5 Å². The zero-order valence-electron chi connectivity index (χ0n) is 15.3. The van der Waals surface area contributed by atoms with Gasteiger partial charge in [-0.3, -0.25) is 4.99 Å². The lowest BCUT2D eigenvalue weighted by Gasteiger charge is -2.14. The maximum absolute atomic E-state index is 6.01. The molecule has 1 unspecified atom stereocenters. The third-order valence-electron chi connectivity index (χ3n) is 3.84. The summed E-state index contributed by atoms with van der Waals surface area (Å²) < 4.78 is 10.5. The summed E-state index contributed by atoms with van der Waals surface area (Å²) in [4.78, 5) is 4.50. The number of hydrogen-bond acceptors (Lipinski definition) is 3. The molecule has 0 aliphatic heterocycles. The maximum atomic E-state index is 6.01. The van der Waals surface area contributed by atoms with Crippen molar-refractivity contribution in [3.05, 3.63) is 18.2 Å².